The zero-order chi connectivity index (χ0) is 26.8. The third kappa shape index (κ3) is 11.6. The average molecular weight is 515 g/mol. The van der Waals surface area contributed by atoms with E-state index in [2.05, 4.69) is 10.6 Å². The molecule has 0 aliphatic carbocycles. The SMILES string of the molecule is CC(C)(C)OC(=O)N[C@@H](Cc1ccccc1)C(=O)NC(CSC(C)(C)C)C(=O)OCc1ccccc1. The van der Waals surface area contributed by atoms with Crippen molar-refractivity contribution in [3.8, 4) is 0 Å². The molecule has 0 fully saturated rings. The van der Waals surface area contributed by atoms with Crippen molar-refractivity contribution in [2.45, 2.75) is 77.0 Å². The zero-order valence-corrected chi connectivity index (χ0v) is 22.8. The molecule has 0 saturated carbocycles. The molecule has 0 bridgehead atoms. The maximum absolute atomic E-state index is 13.4. The predicted molar refractivity (Wildman–Crippen MR) is 144 cm³/mol. The number of alkyl carbamates (subject to hydrolysis) is 1. The van der Waals surface area contributed by atoms with Crippen molar-refractivity contribution >= 4 is 29.7 Å². The van der Waals surface area contributed by atoms with E-state index in [9.17, 15) is 14.4 Å². The molecule has 0 heterocycles. The molecule has 2 aromatic carbocycles. The highest BCUT2D eigenvalue weighted by Gasteiger charge is 2.30. The van der Waals surface area contributed by atoms with Crippen LogP contribution < -0.4 is 10.6 Å². The first-order valence-electron chi connectivity index (χ1n) is 12.0. The molecule has 0 aromatic heterocycles. The van der Waals surface area contributed by atoms with Crippen LogP contribution in [0.3, 0.4) is 0 Å². The lowest BCUT2D eigenvalue weighted by Gasteiger charge is -2.26. The predicted octanol–water partition coefficient (Wildman–Crippen LogP) is 4.88. The van der Waals surface area contributed by atoms with Gasteiger partial charge in [-0.25, -0.2) is 9.59 Å². The smallest absolute Gasteiger partial charge is 0.408 e. The van der Waals surface area contributed by atoms with Crippen LogP contribution in [0.1, 0.15) is 52.7 Å². The lowest BCUT2D eigenvalue weighted by molar-refractivity contribution is -0.148. The first-order chi connectivity index (χ1) is 16.8. The normalized spacial score (nSPS) is 13.3. The molecule has 2 aromatic rings. The van der Waals surface area contributed by atoms with Gasteiger partial charge in [0.15, 0.2) is 0 Å². The van der Waals surface area contributed by atoms with E-state index in [-0.39, 0.29) is 17.8 Å². The Labute approximate surface area is 218 Å². The number of rotatable bonds is 10. The van der Waals surface area contributed by atoms with Crippen molar-refractivity contribution in [3.63, 3.8) is 0 Å². The van der Waals surface area contributed by atoms with Crippen molar-refractivity contribution in [2.75, 3.05) is 5.75 Å². The molecule has 196 valence electrons. The average Bonchev–Trinajstić information content (AvgIpc) is 2.79. The van der Waals surface area contributed by atoms with E-state index in [1.165, 1.54) is 0 Å². The van der Waals surface area contributed by atoms with E-state index in [0.717, 1.165) is 11.1 Å². The van der Waals surface area contributed by atoms with E-state index in [4.69, 9.17) is 9.47 Å². The second kappa shape index (κ2) is 13.3. The summed E-state index contributed by atoms with van der Waals surface area (Å²) in [6, 6.07) is 16.9. The van der Waals surface area contributed by atoms with E-state index in [0.29, 0.717) is 5.75 Å². The third-order valence-electron chi connectivity index (χ3n) is 4.80. The Morgan fingerprint density at radius 3 is 1.89 bits per heavy atom. The first kappa shape index (κ1) is 29.2. The number of ether oxygens (including phenoxy) is 2. The van der Waals surface area contributed by atoms with E-state index < -0.39 is 35.7 Å². The molecular weight excluding hydrogens is 476 g/mol. The second-order valence-electron chi connectivity index (χ2n) is 10.5. The number of benzene rings is 2. The number of amides is 2. The molecule has 8 heteroatoms. The minimum Gasteiger partial charge on any atom is -0.459 e. The Hall–Kier alpha value is -3.00. The van der Waals surface area contributed by atoms with Crippen LogP contribution in [0, 0.1) is 0 Å². The Bertz CT molecular complexity index is 984. The van der Waals surface area contributed by atoms with Crippen molar-refractivity contribution in [3.05, 3.63) is 71.8 Å². The zero-order valence-electron chi connectivity index (χ0n) is 22.0. The largest absolute Gasteiger partial charge is 0.459 e. The summed E-state index contributed by atoms with van der Waals surface area (Å²) in [5.74, 6) is -0.687. The van der Waals surface area contributed by atoms with Crippen LogP contribution in [0.25, 0.3) is 0 Å². The molecule has 0 saturated heterocycles. The lowest BCUT2D eigenvalue weighted by atomic mass is 10.1. The maximum Gasteiger partial charge on any atom is 0.408 e. The van der Waals surface area contributed by atoms with Gasteiger partial charge in [0, 0.05) is 16.9 Å². The molecule has 2 atom stereocenters. The summed E-state index contributed by atoms with van der Waals surface area (Å²) in [5, 5.41) is 5.47. The quantitative estimate of drug-likeness (QED) is 0.439. The van der Waals surface area contributed by atoms with Gasteiger partial charge >= 0.3 is 12.1 Å². The van der Waals surface area contributed by atoms with Crippen LogP contribution in [0.2, 0.25) is 0 Å². The highest BCUT2D eigenvalue weighted by atomic mass is 32.2. The van der Waals surface area contributed by atoms with Gasteiger partial charge in [-0.3, -0.25) is 4.79 Å². The van der Waals surface area contributed by atoms with E-state index in [1.807, 2.05) is 81.4 Å². The summed E-state index contributed by atoms with van der Waals surface area (Å²) in [7, 11) is 0. The van der Waals surface area contributed by atoms with E-state index in [1.54, 1.807) is 32.5 Å². The molecule has 0 spiro atoms. The molecule has 1 unspecified atom stereocenters. The molecule has 2 N–H and O–H groups in total. The Morgan fingerprint density at radius 1 is 0.806 bits per heavy atom. The van der Waals surface area contributed by atoms with Crippen molar-refractivity contribution in [2.24, 2.45) is 0 Å². The van der Waals surface area contributed by atoms with Gasteiger partial charge < -0.3 is 20.1 Å². The molecule has 0 radical (unpaired) electrons. The molecule has 7 nitrogen and oxygen atoms in total. The number of carbonyl (C=O) groups is 3. The summed E-state index contributed by atoms with van der Waals surface area (Å²) in [5.41, 5.74) is 0.999. The van der Waals surface area contributed by atoms with Gasteiger partial charge in [-0.05, 0) is 31.9 Å². The highest BCUT2D eigenvalue weighted by molar-refractivity contribution is 8.00. The summed E-state index contributed by atoms with van der Waals surface area (Å²) >= 11 is 1.54. The first-order valence-corrected chi connectivity index (χ1v) is 13.0. The standard InChI is InChI=1S/C28H38N2O5S/c1-27(2,3)35-26(33)30-22(17-20-13-9-7-10-14-20)24(31)29-23(19-36-28(4,5)6)25(32)34-18-21-15-11-8-12-16-21/h7-16,22-23H,17-19H2,1-6H3,(H,29,31)(H,30,33)/t22-,23?/m0/s1. The van der Waals surface area contributed by atoms with Crippen molar-refractivity contribution in [1.82, 2.24) is 10.6 Å². The second-order valence-corrected chi connectivity index (χ2v) is 12.3. The van der Waals surface area contributed by atoms with Crippen LogP contribution in [-0.4, -0.2) is 46.2 Å². The molecular formula is C28H38N2O5S. The molecule has 2 rings (SSSR count). The van der Waals surface area contributed by atoms with Gasteiger partial charge in [0.25, 0.3) is 0 Å². The number of nitrogens with one attached hydrogen (secondary N) is 2. The maximum atomic E-state index is 13.4. The van der Waals surface area contributed by atoms with Crippen LogP contribution in [0.15, 0.2) is 60.7 Å². The highest BCUT2D eigenvalue weighted by Crippen LogP contribution is 2.24. The van der Waals surface area contributed by atoms with Crippen LogP contribution in [0.5, 0.6) is 0 Å². The monoisotopic (exact) mass is 514 g/mol. The Balaban J connectivity index is 2.17. The summed E-state index contributed by atoms with van der Waals surface area (Å²) in [4.78, 5) is 38.9. The van der Waals surface area contributed by atoms with Gasteiger partial charge in [0.05, 0.1) is 0 Å². The van der Waals surface area contributed by atoms with Crippen LogP contribution in [-0.2, 0) is 32.1 Å². The van der Waals surface area contributed by atoms with Crippen molar-refractivity contribution in [1.29, 1.82) is 0 Å². The minimum atomic E-state index is -0.939. The summed E-state index contributed by atoms with van der Waals surface area (Å²) < 4.78 is 10.8. The number of esters is 1. The lowest BCUT2D eigenvalue weighted by Crippen LogP contribution is -2.54. The molecule has 0 aliphatic heterocycles. The fraction of sp³-hybridized carbons (Fsp3) is 0.464. The van der Waals surface area contributed by atoms with Crippen LogP contribution in [0.4, 0.5) is 4.79 Å². The van der Waals surface area contributed by atoms with Crippen LogP contribution >= 0.6 is 11.8 Å². The topological polar surface area (TPSA) is 93.7 Å². The van der Waals surface area contributed by atoms with Crippen molar-refractivity contribution < 1.29 is 23.9 Å². The third-order valence-corrected chi connectivity index (χ3v) is 6.16. The molecule has 2 amide bonds. The Morgan fingerprint density at radius 2 is 1.36 bits per heavy atom. The van der Waals surface area contributed by atoms with Gasteiger partial charge in [-0.1, -0.05) is 81.4 Å². The van der Waals surface area contributed by atoms with Gasteiger partial charge in [0.2, 0.25) is 5.91 Å². The van der Waals surface area contributed by atoms with E-state index >= 15 is 0 Å². The van der Waals surface area contributed by atoms with Gasteiger partial charge in [0.1, 0.15) is 24.3 Å². The summed E-state index contributed by atoms with van der Waals surface area (Å²) in [6.45, 7) is 11.5. The minimum absolute atomic E-state index is 0.107. The fourth-order valence-electron chi connectivity index (χ4n) is 3.11. The van der Waals surface area contributed by atoms with Gasteiger partial charge in [-0.2, -0.15) is 11.8 Å². The summed E-state index contributed by atoms with van der Waals surface area (Å²) in [6.07, 6.45) is -0.463. The molecule has 0 aliphatic rings. The Kier molecular flexibility index (Phi) is 10.8. The number of hydrogen-bond donors (Lipinski definition) is 2. The number of thioether (sulfide) groups is 1. The fourth-order valence-corrected chi connectivity index (χ4v) is 4.00. The number of hydrogen-bond acceptors (Lipinski definition) is 6. The number of carbonyl (C=O) groups excluding carboxylic acids is 3. The molecule has 36 heavy (non-hydrogen) atoms. The van der Waals surface area contributed by atoms with Gasteiger partial charge in [-0.15, -0.1) is 0 Å².